The Balaban J connectivity index is 0.811. The fourth-order valence-electron chi connectivity index (χ4n) is 13.1. The first-order chi connectivity index (χ1) is 46.3. The number of amides is 1. The minimum Gasteiger partial charge on any atom is -0.453 e. The lowest BCUT2D eigenvalue weighted by Crippen LogP contribution is -2.35. The highest BCUT2D eigenvalue weighted by Crippen LogP contribution is 2.70. The molecule has 1 saturated heterocycles. The third kappa shape index (κ3) is 20.1. The van der Waals surface area contributed by atoms with Gasteiger partial charge in [-0.05, 0) is 109 Å². The number of phosphoric acid groups is 2. The zero-order valence-corrected chi connectivity index (χ0v) is 63.4. The lowest BCUT2D eigenvalue weighted by Gasteiger charge is -2.38. The molecule has 3 aromatic carbocycles. The first kappa shape index (κ1) is 81.7. The molecule has 40 heteroatoms. The first-order valence-electron chi connectivity index (χ1n) is 31.4. The van der Waals surface area contributed by atoms with Crippen LogP contribution in [0.4, 0.5) is 0 Å². The quantitative estimate of drug-likeness (QED) is 0.00470. The molecule has 554 valence electrons. The number of Topliss-reactive ketones (excluding diaryl/α,β-unsaturated/α-hetero) is 1. The van der Waals surface area contributed by atoms with Gasteiger partial charge in [-0.15, -0.1) is 11.8 Å². The number of aromatic nitrogens is 2. The summed E-state index contributed by atoms with van der Waals surface area (Å²) in [5.41, 5.74) is -1.58. The normalized spacial score (nSPS) is 21.7. The number of ether oxygens (including phenoxy) is 3. The van der Waals surface area contributed by atoms with Crippen LogP contribution in [0.5, 0.6) is 17.2 Å². The molecule has 100 heavy (non-hydrogen) atoms. The van der Waals surface area contributed by atoms with Crippen LogP contribution in [-0.4, -0.2) is 122 Å². The highest BCUT2D eigenvalue weighted by Gasteiger charge is 2.47. The van der Waals surface area contributed by atoms with Gasteiger partial charge in [0.25, 0.3) is 32.3 Å². The number of unbranched alkanes of at least 4 members (excludes halogenated alkanes) is 6. The Kier molecular flexibility index (Phi) is 26.2. The van der Waals surface area contributed by atoms with Crippen LogP contribution >= 0.6 is 77.4 Å². The summed E-state index contributed by atoms with van der Waals surface area (Å²) in [5, 5.41) is 12.4. The molecular formula is C60H78Cl3N3O27P4S3. The largest absolute Gasteiger partial charge is 0.479 e. The summed E-state index contributed by atoms with van der Waals surface area (Å²) in [6, 6.07) is 3.30. The van der Waals surface area contributed by atoms with Crippen LogP contribution in [-0.2, 0) is 81.7 Å². The van der Waals surface area contributed by atoms with Crippen LogP contribution < -0.4 is 36.5 Å². The summed E-state index contributed by atoms with van der Waals surface area (Å²) in [6.07, 6.45) is 3.64. The number of phosphoric ester groups is 2. The molecule has 2 aliphatic carbocycles. The van der Waals surface area contributed by atoms with Crippen LogP contribution in [0.15, 0.2) is 42.6 Å². The van der Waals surface area contributed by atoms with E-state index in [0.29, 0.717) is 68.9 Å². The molecule has 2 aliphatic heterocycles. The molecule has 1 fully saturated rings. The summed E-state index contributed by atoms with van der Waals surface area (Å²) in [5.74, 6) is -4.76. The van der Waals surface area contributed by atoms with Crippen LogP contribution in [0, 0.1) is 17.8 Å². The highest BCUT2D eigenvalue weighted by atomic mass is 35.5. The van der Waals surface area contributed by atoms with E-state index in [4.69, 9.17) is 53.5 Å². The average molecular weight is 1600 g/mol. The number of H-pyrrole nitrogens is 1. The maximum atomic E-state index is 13.8. The Labute approximate surface area is 594 Å². The van der Waals surface area contributed by atoms with Gasteiger partial charge in [0.1, 0.15) is 32.9 Å². The minimum absolute atomic E-state index is 0.0189. The van der Waals surface area contributed by atoms with E-state index in [2.05, 4.69) is 18.5 Å². The standard InChI is InChI=1S/C60H78Cl3N3O27P4S3/c1-32-23-59(4,5)25-40-36(32)20-38-46(39-21-37-33(2)24-60(6,7)26-41(37)56(100(84,85)86)52(39)91-51(38)55(40)99(81,82)83)47-48(61)54(50(63)49(62)53(47)87-30-67)98-29-35(68)16-12-8-9-13-17-44(70)64-18-14-10-11-15-19-88-96(77,78)92-94(73,74)31-95(75,76)93-97(79,80)89-28-43-42(69)22-45(90-43)66-27-34(3)57(71)65-58(66)72/h20-21,25,27,30,32-33,42-43,45,69H,8-19,22-24,26,28-29,31H2,1-7H3,(H,64,70)(H,73,74)(H,75,76)(H,77,78)(H,79,80)(H,65,71,72)(H,81,82,83)(H,84,85,86)/t32?,33?,42-,43-,45-/m1/s1. The summed E-state index contributed by atoms with van der Waals surface area (Å²) in [7, 11) is -32.6. The van der Waals surface area contributed by atoms with Crippen molar-refractivity contribution in [2.24, 2.45) is 10.8 Å². The Morgan fingerprint density at radius 1 is 0.810 bits per heavy atom. The number of benzene rings is 3. The van der Waals surface area contributed by atoms with Crippen molar-refractivity contribution in [3.8, 4) is 17.2 Å². The summed E-state index contributed by atoms with van der Waals surface area (Å²) in [6.45, 7) is 11.6. The number of hydrogen-bond donors (Lipinski definition) is 9. The lowest BCUT2D eigenvalue weighted by molar-refractivity contribution is -0.121. The molecule has 4 aromatic rings. The van der Waals surface area contributed by atoms with E-state index in [0.717, 1.165) is 22.5 Å². The van der Waals surface area contributed by atoms with Crippen molar-refractivity contribution in [3.63, 3.8) is 0 Å². The van der Waals surface area contributed by atoms with Crippen molar-refractivity contribution in [1.82, 2.24) is 14.9 Å². The number of nitrogens with zero attached hydrogens (tertiary/aromatic N) is 1. The van der Waals surface area contributed by atoms with E-state index < -0.39 is 138 Å². The Hall–Kier alpha value is -3.95. The zero-order valence-electron chi connectivity index (χ0n) is 55.1. The molecule has 9 atom stereocenters. The van der Waals surface area contributed by atoms with Crippen molar-refractivity contribution in [1.29, 1.82) is 0 Å². The number of aliphatic hydroxyl groups excluding tert-OH is 1. The Morgan fingerprint density at radius 3 is 2.06 bits per heavy atom. The molecule has 0 saturated carbocycles. The predicted molar refractivity (Wildman–Crippen MR) is 367 cm³/mol. The molecule has 0 radical (unpaired) electrons. The third-order valence-corrected chi connectivity index (χ3v) is 29.1. The fourth-order valence-corrected chi connectivity index (χ4v) is 23.6. The Morgan fingerprint density at radius 2 is 1.42 bits per heavy atom. The van der Waals surface area contributed by atoms with Crippen LogP contribution in [0.1, 0.15) is 176 Å². The number of thioether (sulfide) groups is 1. The van der Waals surface area contributed by atoms with Gasteiger partial charge in [0, 0.05) is 64.4 Å². The number of carbonyl (C=O) groups excluding carboxylic acids is 3. The number of halogens is 3. The van der Waals surface area contributed by atoms with Crippen molar-refractivity contribution in [2.45, 2.75) is 183 Å². The number of aromatic amines is 1. The fraction of sp³-hybridized carbons (Fsp3) is 0.550. The monoisotopic (exact) mass is 1600 g/mol. The molecular weight excluding hydrogens is 1520 g/mol. The maximum absolute atomic E-state index is 13.8. The molecule has 1 aromatic heterocycles. The van der Waals surface area contributed by atoms with Gasteiger partial charge in [0.2, 0.25) is 5.91 Å². The predicted octanol–water partition coefficient (Wildman–Crippen LogP) is 10.2. The number of hydrogen-bond acceptors (Lipinski definition) is 22. The second-order valence-corrected chi connectivity index (χ2v) is 38.8. The van der Waals surface area contributed by atoms with Gasteiger partial charge >= 0.3 is 36.5 Å². The van der Waals surface area contributed by atoms with E-state index in [1.165, 1.54) is 6.92 Å². The second-order valence-electron chi connectivity index (χ2n) is 26.6. The highest BCUT2D eigenvalue weighted by molar-refractivity contribution is 8.00. The molecule has 30 nitrogen and oxygen atoms in total. The smallest absolute Gasteiger partial charge is 0.453 e. The molecule has 4 aliphatic rings. The number of fused-ring (bicyclic) bond motifs is 4. The minimum atomic E-state index is -5.63. The van der Waals surface area contributed by atoms with Gasteiger partial charge in [0.15, 0.2) is 23.2 Å². The van der Waals surface area contributed by atoms with Crippen LogP contribution in [0.2, 0.25) is 15.1 Å². The van der Waals surface area contributed by atoms with Gasteiger partial charge in [0.05, 0.1) is 35.1 Å². The molecule has 3 heterocycles. The van der Waals surface area contributed by atoms with Gasteiger partial charge in [-0.2, -0.15) is 16.8 Å². The number of aryl methyl sites for hydroxylation is 1. The van der Waals surface area contributed by atoms with Crippen molar-refractivity contribution in [2.75, 3.05) is 31.4 Å². The van der Waals surface area contributed by atoms with E-state index in [1.54, 1.807) is 18.2 Å². The Bertz CT molecular complexity index is 4610. The van der Waals surface area contributed by atoms with E-state index in [-0.39, 0.29) is 133 Å². The van der Waals surface area contributed by atoms with Crippen molar-refractivity contribution >= 4 is 127 Å². The average Bonchev–Trinajstić information content (AvgIpc) is 0.751. The topological polar surface area (TPSA) is 461 Å². The summed E-state index contributed by atoms with van der Waals surface area (Å²) < 4.78 is 164. The van der Waals surface area contributed by atoms with Gasteiger partial charge in [-0.1, -0.05) is 108 Å². The van der Waals surface area contributed by atoms with Gasteiger partial charge in [-0.25, -0.2) is 22.5 Å². The third-order valence-electron chi connectivity index (χ3n) is 17.1. The van der Waals surface area contributed by atoms with Crippen LogP contribution in [0.25, 0.3) is 11.6 Å². The number of nitrogens with one attached hydrogen (secondary N) is 2. The van der Waals surface area contributed by atoms with Gasteiger partial charge < -0.3 is 44.2 Å². The van der Waals surface area contributed by atoms with Crippen molar-refractivity contribution < 1.29 is 115 Å². The lowest BCUT2D eigenvalue weighted by atomic mass is 9.69. The number of rotatable bonds is 33. The molecule has 0 spiro atoms. The molecule has 8 rings (SSSR count). The zero-order chi connectivity index (χ0) is 74.2. The molecule has 9 N–H and O–H groups in total. The molecule has 1 amide bonds. The van der Waals surface area contributed by atoms with E-state index in [9.17, 15) is 92.9 Å². The molecule has 0 bridgehead atoms. The number of ketones is 1. The van der Waals surface area contributed by atoms with Gasteiger partial charge in [-0.3, -0.25) is 56.0 Å². The number of aliphatic hydroxyl groups is 1. The second kappa shape index (κ2) is 32.0. The first-order valence-corrected chi connectivity index (χ1v) is 42.9. The van der Waals surface area contributed by atoms with E-state index in [1.807, 2.05) is 46.5 Å². The number of carbonyl (C=O) groups is 3. The van der Waals surface area contributed by atoms with Crippen LogP contribution in [0.3, 0.4) is 0 Å². The molecule has 6 unspecified atom stereocenters. The van der Waals surface area contributed by atoms with Crippen molar-refractivity contribution in [3.05, 3.63) is 98.1 Å². The SMILES string of the molecule is Cc1cn([C@H]2C[C@@H](O)[C@@H](COP(=O)(O)OP(=O)(O)CP(=O)(O)OP(=O)(O)OCCCCCCNC(=O)CCCCCCC(=O)CSc3c(Cl)c(Cl)c(OC=O)c(C4=c5cc6c(c(S(=O)(=O)O)c5Oc5c4cc4c(c5S(=O)(=O)O)CC(C)(C)CC4C)=CC(C)(C)CC6C)c3Cl)O2)c(=O)[nH]c1=O. The summed E-state index contributed by atoms with van der Waals surface area (Å²) in [4.78, 5) is 104. The van der Waals surface area contributed by atoms with E-state index >= 15 is 0 Å². The maximum Gasteiger partial charge on any atom is 0.479 e. The summed E-state index contributed by atoms with van der Waals surface area (Å²) >= 11 is 22.2.